The number of benzene rings is 1. The first-order valence-corrected chi connectivity index (χ1v) is 9.41. The van der Waals surface area contributed by atoms with Gasteiger partial charge in [-0.1, -0.05) is 6.07 Å². The average molecular weight is 384 g/mol. The molecule has 1 spiro atoms. The zero-order valence-electron chi connectivity index (χ0n) is 16.1. The molecule has 28 heavy (non-hydrogen) atoms. The van der Waals surface area contributed by atoms with Crippen molar-refractivity contribution in [1.29, 1.82) is 0 Å². The van der Waals surface area contributed by atoms with Gasteiger partial charge < -0.3 is 24.3 Å². The van der Waals surface area contributed by atoms with E-state index in [-0.39, 0.29) is 11.8 Å². The number of hydrogen-bond donors (Lipinski definition) is 1. The fourth-order valence-electron chi connectivity index (χ4n) is 3.98. The van der Waals surface area contributed by atoms with Crippen molar-refractivity contribution in [3.63, 3.8) is 0 Å². The van der Waals surface area contributed by atoms with Gasteiger partial charge in [-0.2, -0.15) is 0 Å². The number of carbonyl (C=O) groups is 2. The molecule has 1 N–H and O–H groups in total. The summed E-state index contributed by atoms with van der Waals surface area (Å²) in [4.78, 5) is 30.9. The second-order valence-electron chi connectivity index (χ2n) is 7.23. The van der Waals surface area contributed by atoms with Crippen molar-refractivity contribution >= 4 is 17.5 Å². The average Bonchev–Trinajstić information content (AvgIpc) is 3.18. The summed E-state index contributed by atoms with van der Waals surface area (Å²) in [7, 11) is 1.59. The fraction of sp³-hybridized carbons (Fsp3) is 0.450. The lowest BCUT2D eigenvalue weighted by Gasteiger charge is -2.45. The van der Waals surface area contributed by atoms with Crippen LogP contribution in [0.5, 0.6) is 5.75 Å². The molecule has 0 aliphatic carbocycles. The second-order valence-corrected chi connectivity index (χ2v) is 7.23. The number of carbonyl (C=O) groups excluding carboxylic acids is 2. The lowest BCUT2D eigenvalue weighted by atomic mass is 9.88. The molecule has 3 heterocycles. The second kappa shape index (κ2) is 7.27. The molecule has 0 radical (unpaired) electrons. The number of nitrogens with one attached hydrogen (secondary N) is 1. The number of methoxy groups -OCH3 is 1. The predicted octanol–water partition coefficient (Wildman–Crippen LogP) is 1.77. The normalized spacial score (nSPS) is 20.5. The first-order chi connectivity index (χ1) is 13.5. The van der Waals surface area contributed by atoms with Gasteiger partial charge >= 0.3 is 0 Å². The molecule has 1 aromatic carbocycles. The van der Waals surface area contributed by atoms with Crippen LogP contribution in [0.1, 0.15) is 25.6 Å². The maximum atomic E-state index is 12.9. The lowest BCUT2D eigenvalue weighted by molar-refractivity contribution is -0.172. The maximum absolute atomic E-state index is 12.9. The van der Waals surface area contributed by atoms with Gasteiger partial charge in [0, 0.05) is 57.0 Å². The van der Waals surface area contributed by atoms with Gasteiger partial charge in [-0.25, -0.2) is 4.98 Å². The number of anilines is 1. The zero-order chi connectivity index (χ0) is 19.7. The van der Waals surface area contributed by atoms with Gasteiger partial charge in [0.05, 0.1) is 13.7 Å². The van der Waals surface area contributed by atoms with Crippen molar-refractivity contribution in [2.75, 3.05) is 25.5 Å². The van der Waals surface area contributed by atoms with E-state index in [2.05, 4.69) is 10.3 Å². The summed E-state index contributed by atoms with van der Waals surface area (Å²) in [6, 6.07) is 7.23. The lowest BCUT2D eigenvalue weighted by Crippen LogP contribution is -2.53. The highest BCUT2D eigenvalue weighted by Gasteiger charge is 2.47. The molecule has 2 amide bonds. The van der Waals surface area contributed by atoms with E-state index in [1.165, 1.54) is 0 Å². The third-order valence-corrected chi connectivity index (χ3v) is 5.50. The molecule has 0 saturated carbocycles. The highest BCUT2D eigenvalue weighted by molar-refractivity contribution is 5.94. The van der Waals surface area contributed by atoms with E-state index >= 15 is 0 Å². The Kier molecular flexibility index (Phi) is 4.80. The highest BCUT2D eigenvalue weighted by atomic mass is 16.5. The van der Waals surface area contributed by atoms with Gasteiger partial charge in [0.2, 0.25) is 5.91 Å². The summed E-state index contributed by atoms with van der Waals surface area (Å²) in [5, 5.41) is 2.92. The summed E-state index contributed by atoms with van der Waals surface area (Å²) in [6.45, 7) is 3.16. The van der Waals surface area contributed by atoms with E-state index in [4.69, 9.17) is 9.47 Å². The Hall–Kier alpha value is -2.87. The maximum Gasteiger partial charge on any atom is 0.255 e. The Balaban J connectivity index is 1.53. The molecule has 2 aliphatic rings. The van der Waals surface area contributed by atoms with E-state index < -0.39 is 11.7 Å². The molecule has 1 atom stereocenters. The van der Waals surface area contributed by atoms with E-state index in [0.717, 1.165) is 5.82 Å². The molecule has 4 rings (SSSR count). The van der Waals surface area contributed by atoms with Crippen LogP contribution in [-0.2, 0) is 26.5 Å². The fourth-order valence-corrected chi connectivity index (χ4v) is 3.98. The number of hydrogen-bond acceptors (Lipinski definition) is 5. The number of amides is 2. The third kappa shape index (κ3) is 3.35. The summed E-state index contributed by atoms with van der Waals surface area (Å²) < 4.78 is 13.6. The third-order valence-electron chi connectivity index (χ3n) is 5.50. The van der Waals surface area contributed by atoms with Crippen LogP contribution in [0, 0.1) is 0 Å². The van der Waals surface area contributed by atoms with Crippen LogP contribution in [0.25, 0.3) is 0 Å². The Morgan fingerprint density at radius 3 is 2.82 bits per heavy atom. The SMILES string of the molecule is COc1cccc(NC(=O)[C@H]2Cn3ccnc3C3(CCN(C(C)=O)CC3)O2)c1. The van der Waals surface area contributed by atoms with Gasteiger partial charge in [-0.3, -0.25) is 9.59 Å². The number of fused-ring (bicyclic) bond motifs is 2. The highest BCUT2D eigenvalue weighted by Crippen LogP contribution is 2.40. The molecule has 1 aromatic heterocycles. The van der Waals surface area contributed by atoms with Crippen molar-refractivity contribution in [3.8, 4) is 5.75 Å². The number of ether oxygens (including phenoxy) is 2. The number of aromatic nitrogens is 2. The molecule has 2 aliphatic heterocycles. The molecule has 1 fully saturated rings. The minimum absolute atomic E-state index is 0.0568. The van der Waals surface area contributed by atoms with Crippen molar-refractivity contribution < 1.29 is 19.1 Å². The van der Waals surface area contributed by atoms with E-state index in [1.807, 2.05) is 33.9 Å². The summed E-state index contributed by atoms with van der Waals surface area (Å²) in [5.41, 5.74) is 0.00852. The van der Waals surface area contributed by atoms with Gasteiger partial charge in [-0.15, -0.1) is 0 Å². The quantitative estimate of drug-likeness (QED) is 0.872. The molecule has 8 heteroatoms. The van der Waals surface area contributed by atoms with Crippen LogP contribution in [0.2, 0.25) is 0 Å². The number of nitrogens with zero attached hydrogens (tertiary/aromatic N) is 3. The number of imidazole rings is 1. The predicted molar refractivity (Wildman–Crippen MR) is 102 cm³/mol. The number of rotatable bonds is 3. The minimum Gasteiger partial charge on any atom is -0.497 e. The van der Waals surface area contributed by atoms with Crippen molar-refractivity contribution in [3.05, 3.63) is 42.5 Å². The minimum atomic E-state index is -0.649. The standard InChI is InChI=1S/C20H24N4O4/c1-14(25)23-9-6-20(7-10-23)19-21-8-11-24(19)13-17(28-20)18(26)22-15-4-3-5-16(12-15)27-2/h3-5,8,11-12,17H,6-7,9-10,13H2,1-2H3,(H,22,26)/t17-/m1/s1. The topological polar surface area (TPSA) is 85.7 Å². The summed E-state index contributed by atoms with van der Waals surface area (Å²) >= 11 is 0. The Morgan fingerprint density at radius 2 is 2.11 bits per heavy atom. The van der Waals surface area contributed by atoms with Crippen LogP contribution in [0.15, 0.2) is 36.7 Å². The molecule has 0 bridgehead atoms. The molecule has 0 unspecified atom stereocenters. The first-order valence-electron chi connectivity index (χ1n) is 9.41. The number of likely N-dealkylation sites (tertiary alicyclic amines) is 1. The molecular formula is C20H24N4O4. The van der Waals surface area contributed by atoms with Crippen LogP contribution in [0.3, 0.4) is 0 Å². The first kappa shape index (κ1) is 18.5. The Bertz CT molecular complexity index is 886. The summed E-state index contributed by atoms with van der Waals surface area (Å²) in [6.07, 6.45) is 4.21. The number of piperidine rings is 1. The molecular weight excluding hydrogens is 360 g/mol. The van der Waals surface area contributed by atoms with E-state index in [0.29, 0.717) is 43.9 Å². The van der Waals surface area contributed by atoms with Crippen LogP contribution < -0.4 is 10.1 Å². The van der Waals surface area contributed by atoms with Crippen molar-refractivity contribution in [1.82, 2.24) is 14.5 Å². The van der Waals surface area contributed by atoms with Crippen molar-refractivity contribution in [2.24, 2.45) is 0 Å². The van der Waals surface area contributed by atoms with E-state index in [9.17, 15) is 9.59 Å². The zero-order valence-corrected chi connectivity index (χ0v) is 16.1. The monoisotopic (exact) mass is 384 g/mol. The molecule has 1 saturated heterocycles. The van der Waals surface area contributed by atoms with Crippen LogP contribution in [0.4, 0.5) is 5.69 Å². The molecule has 8 nitrogen and oxygen atoms in total. The largest absolute Gasteiger partial charge is 0.497 e. The van der Waals surface area contributed by atoms with Gasteiger partial charge in [0.15, 0.2) is 6.10 Å². The van der Waals surface area contributed by atoms with Gasteiger partial charge in [0.25, 0.3) is 5.91 Å². The van der Waals surface area contributed by atoms with Crippen LogP contribution >= 0.6 is 0 Å². The Morgan fingerprint density at radius 1 is 1.32 bits per heavy atom. The Labute approximate surface area is 163 Å². The van der Waals surface area contributed by atoms with Crippen LogP contribution in [-0.4, -0.2) is 52.6 Å². The van der Waals surface area contributed by atoms with Gasteiger partial charge in [-0.05, 0) is 12.1 Å². The van der Waals surface area contributed by atoms with Gasteiger partial charge in [0.1, 0.15) is 17.2 Å². The smallest absolute Gasteiger partial charge is 0.255 e. The molecule has 148 valence electrons. The van der Waals surface area contributed by atoms with Crippen molar-refractivity contribution in [2.45, 2.75) is 38.0 Å². The molecule has 2 aromatic rings. The van der Waals surface area contributed by atoms with E-state index in [1.54, 1.807) is 26.3 Å². The summed E-state index contributed by atoms with van der Waals surface area (Å²) in [5.74, 6) is 1.36.